The van der Waals surface area contributed by atoms with Gasteiger partial charge in [0.2, 0.25) is 0 Å². The third kappa shape index (κ3) is 4.44. The fraction of sp³-hybridized carbons (Fsp3) is 0.312. The number of aryl methyl sites for hydroxylation is 1. The normalized spacial score (nSPS) is 12.3. The molecule has 1 unspecified atom stereocenters. The maximum Gasteiger partial charge on any atom is 0.331 e. The monoisotopic (exact) mass is 302 g/mol. The van der Waals surface area contributed by atoms with E-state index >= 15 is 0 Å². The molecule has 6 heteroatoms. The lowest BCUT2D eigenvalue weighted by Crippen LogP contribution is -2.06. The van der Waals surface area contributed by atoms with Crippen molar-refractivity contribution in [3.8, 4) is 5.75 Å². The third-order valence-electron chi connectivity index (χ3n) is 2.79. The molecule has 0 fully saturated rings. The molecule has 1 atom stereocenters. The third-order valence-corrected chi connectivity index (χ3v) is 2.79. The maximum atomic E-state index is 11.8. The molecule has 1 heterocycles. The van der Waals surface area contributed by atoms with Gasteiger partial charge in [0.05, 0.1) is 6.61 Å². The summed E-state index contributed by atoms with van der Waals surface area (Å²) in [6, 6.07) is 7.41. The Morgan fingerprint density at radius 3 is 2.68 bits per heavy atom. The van der Waals surface area contributed by atoms with Gasteiger partial charge in [0, 0.05) is 6.08 Å². The lowest BCUT2D eigenvalue weighted by molar-refractivity contribution is -0.143. The molecule has 0 radical (unpaired) electrons. The Bertz CT molecular complexity index is 646. The second kappa shape index (κ2) is 7.40. The van der Waals surface area contributed by atoms with Crippen LogP contribution in [0.1, 0.15) is 37.2 Å². The molecule has 2 aromatic rings. The Hall–Kier alpha value is -2.63. The number of carbonyl (C=O) groups excluding carboxylic acids is 1. The van der Waals surface area contributed by atoms with E-state index in [1.165, 1.54) is 6.08 Å². The van der Waals surface area contributed by atoms with E-state index in [1.807, 2.05) is 31.2 Å². The van der Waals surface area contributed by atoms with Gasteiger partial charge in [-0.25, -0.2) is 4.79 Å². The highest BCUT2D eigenvalue weighted by Crippen LogP contribution is 2.16. The number of hydrogen-bond acceptors (Lipinski definition) is 6. The smallest absolute Gasteiger partial charge is 0.331 e. The van der Waals surface area contributed by atoms with Crippen molar-refractivity contribution in [2.24, 2.45) is 0 Å². The van der Waals surface area contributed by atoms with Gasteiger partial charge in [0.25, 0.3) is 5.89 Å². The van der Waals surface area contributed by atoms with Crippen LogP contribution in [0.15, 0.2) is 34.9 Å². The van der Waals surface area contributed by atoms with E-state index in [1.54, 1.807) is 19.9 Å². The van der Waals surface area contributed by atoms with Crippen LogP contribution in [0, 0.1) is 6.92 Å². The summed E-state index contributed by atoms with van der Waals surface area (Å²) >= 11 is 0. The zero-order chi connectivity index (χ0) is 15.9. The zero-order valence-corrected chi connectivity index (χ0v) is 12.8. The molecule has 0 spiro atoms. The maximum absolute atomic E-state index is 11.8. The zero-order valence-electron chi connectivity index (χ0n) is 12.8. The molecular formula is C16H18N2O4. The standard InChI is InChI=1S/C16H18N2O4/c1-4-20-14-8-5-13(6-9-14)7-10-15(19)21-11(2)16-17-12(3)18-22-16/h5-11H,4H2,1-3H3/b10-7+. The SMILES string of the molecule is CCOc1ccc(/C=C/C(=O)OC(C)c2nc(C)no2)cc1. The molecule has 2 rings (SSSR count). The van der Waals surface area contributed by atoms with Gasteiger partial charge >= 0.3 is 5.97 Å². The van der Waals surface area contributed by atoms with Crippen molar-refractivity contribution < 1.29 is 18.8 Å². The summed E-state index contributed by atoms with van der Waals surface area (Å²) in [6.45, 7) is 5.92. The molecule has 6 nitrogen and oxygen atoms in total. The minimum atomic E-state index is -0.585. The first kappa shape index (κ1) is 15.8. The lowest BCUT2D eigenvalue weighted by atomic mass is 10.2. The Kier molecular flexibility index (Phi) is 5.30. The molecule has 1 aromatic carbocycles. The van der Waals surface area contributed by atoms with Crippen LogP contribution < -0.4 is 4.74 Å². The minimum absolute atomic E-state index is 0.278. The summed E-state index contributed by atoms with van der Waals surface area (Å²) in [7, 11) is 0. The van der Waals surface area contributed by atoms with Gasteiger partial charge in [-0.2, -0.15) is 4.98 Å². The summed E-state index contributed by atoms with van der Waals surface area (Å²) in [6.07, 6.45) is 2.44. The highest BCUT2D eigenvalue weighted by Gasteiger charge is 2.16. The first-order valence-electron chi connectivity index (χ1n) is 7.00. The van der Waals surface area contributed by atoms with Crippen molar-refractivity contribution in [2.45, 2.75) is 26.9 Å². The number of esters is 1. The predicted octanol–water partition coefficient (Wildman–Crippen LogP) is 3.09. The van der Waals surface area contributed by atoms with Crippen LogP contribution in [0.25, 0.3) is 6.08 Å². The second-order valence-electron chi connectivity index (χ2n) is 4.59. The van der Waals surface area contributed by atoms with Crippen LogP contribution >= 0.6 is 0 Å². The number of hydrogen-bond donors (Lipinski definition) is 0. The first-order valence-corrected chi connectivity index (χ1v) is 7.00. The molecule has 0 saturated heterocycles. The van der Waals surface area contributed by atoms with Crippen molar-refractivity contribution >= 4 is 12.0 Å². The van der Waals surface area contributed by atoms with Crippen LogP contribution in [-0.4, -0.2) is 22.7 Å². The summed E-state index contributed by atoms with van der Waals surface area (Å²) in [5.74, 6) is 1.10. The number of rotatable bonds is 6. The largest absolute Gasteiger partial charge is 0.494 e. The molecule has 0 saturated carbocycles. The molecule has 0 aliphatic rings. The molecule has 0 amide bonds. The highest BCUT2D eigenvalue weighted by molar-refractivity contribution is 5.87. The summed E-state index contributed by atoms with van der Waals surface area (Å²) < 4.78 is 15.5. The van der Waals surface area contributed by atoms with Crippen molar-refractivity contribution in [3.63, 3.8) is 0 Å². The summed E-state index contributed by atoms with van der Waals surface area (Å²) in [4.78, 5) is 15.8. The van der Waals surface area contributed by atoms with Gasteiger partial charge in [0.1, 0.15) is 5.75 Å². The average Bonchev–Trinajstić information content (AvgIpc) is 2.93. The van der Waals surface area contributed by atoms with Crippen LogP contribution in [0.3, 0.4) is 0 Å². The van der Waals surface area contributed by atoms with E-state index in [2.05, 4.69) is 10.1 Å². The van der Waals surface area contributed by atoms with Crippen molar-refractivity contribution in [1.29, 1.82) is 0 Å². The topological polar surface area (TPSA) is 74.5 Å². The number of aromatic nitrogens is 2. The van der Waals surface area contributed by atoms with Gasteiger partial charge in [-0.15, -0.1) is 0 Å². The van der Waals surface area contributed by atoms with E-state index in [-0.39, 0.29) is 5.89 Å². The molecule has 1 aromatic heterocycles. The average molecular weight is 302 g/mol. The highest BCUT2D eigenvalue weighted by atomic mass is 16.6. The fourth-order valence-corrected chi connectivity index (χ4v) is 1.75. The number of carbonyl (C=O) groups is 1. The summed E-state index contributed by atoms with van der Waals surface area (Å²) in [5.41, 5.74) is 0.877. The lowest BCUT2D eigenvalue weighted by Gasteiger charge is -2.06. The molecule has 22 heavy (non-hydrogen) atoms. The predicted molar refractivity (Wildman–Crippen MR) is 80.2 cm³/mol. The van der Waals surface area contributed by atoms with E-state index < -0.39 is 12.1 Å². The fourth-order valence-electron chi connectivity index (χ4n) is 1.75. The van der Waals surface area contributed by atoms with Gasteiger partial charge in [-0.05, 0) is 44.5 Å². The molecule has 116 valence electrons. The Morgan fingerprint density at radius 2 is 2.09 bits per heavy atom. The van der Waals surface area contributed by atoms with E-state index in [0.717, 1.165) is 11.3 Å². The Labute approximate surface area is 128 Å². The molecule has 0 N–H and O–H groups in total. The molecule has 0 aliphatic carbocycles. The van der Waals surface area contributed by atoms with Crippen molar-refractivity contribution in [2.75, 3.05) is 6.61 Å². The Morgan fingerprint density at radius 1 is 1.36 bits per heavy atom. The van der Waals surface area contributed by atoms with E-state index in [0.29, 0.717) is 12.4 Å². The van der Waals surface area contributed by atoms with E-state index in [9.17, 15) is 4.79 Å². The van der Waals surface area contributed by atoms with Crippen LogP contribution in [-0.2, 0) is 9.53 Å². The van der Waals surface area contributed by atoms with Gasteiger partial charge < -0.3 is 14.0 Å². The van der Waals surface area contributed by atoms with Gasteiger partial charge in [-0.1, -0.05) is 17.3 Å². The van der Waals surface area contributed by atoms with E-state index in [4.69, 9.17) is 14.0 Å². The van der Waals surface area contributed by atoms with Crippen LogP contribution in [0.2, 0.25) is 0 Å². The van der Waals surface area contributed by atoms with Gasteiger partial charge in [-0.3, -0.25) is 0 Å². The molecular weight excluding hydrogens is 284 g/mol. The number of benzene rings is 1. The summed E-state index contributed by atoms with van der Waals surface area (Å²) in [5, 5.41) is 3.65. The van der Waals surface area contributed by atoms with Crippen molar-refractivity contribution in [3.05, 3.63) is 47.6 Å². The minimum Gasteiger partial charge on any atom is -0.494 e. The number of ether oxygens (including phenoxy) is 2. The van der Waals surface area contributed by atoms with Crippen LogP contribution in [0.5, 0.6) is 5.75 Å². The molecule has 0 bridgehead atoms. The molecule has 0 aliphatic heterocycles. The van der Waals surface area contributed by atoms with Crippen LogP contribution in [0.4, 0.5) is 0 Å². The number of nitrogens with zero attached hydrogens (tertiary/aromatic N) is 2. The Balaban J connectivity index is 1.90. The quantitative estimate of drug-likeness (QED) is 0.603. The van der Waals surface area contributed by atoms with Crippen molar-refractivity contribution in [1.82, 2.24) is 10.1 Å². The first-order chi connectivity index (χ1) is 10.6. The van der Waals surface area contributed by atoms with Gasteiger partial charge in [0.15, 0.2) is 11.9 Å². The second-order valence-corrected chi connectivity index (χ2v) is 4.59.